The van der Waals surface area contributed by atoms with Gasteiger partial charge in [0.1, 0.15) is 5.75 Å². The van der Waals surface area contributed by atoms with Gasteiger partial charge >= 0.3 is 6.09 Å². The number of fused-ring (bicyclic) bond motifs is 1. The van der Waals surface area contributed by atoms with Gasteiger partial charge in [0, 0.05) is 37.8 Å². The standard InChI is InChI=1S/C17H23N3O4/c1-3-19(12-21)10-13-5-6-14-15(9-13)20(11-16(14)22)8-4-7-18-17(23)24-2/h5-6,9,11-12,22H,3-4,7-8,10H2,1-2H3,(H,18,23). The second kappa shape index (κ2) is 8.24. The fraction of sp³-hybridized carbons (Fsp3) is 0.412. The SMILES string of the molecule is CCN(C=O)Cc1ccc2c(O)cn(CCCNC(=O)OC)c2c1. The van der Waals surface area contributed by atoms with Crippen molar-refractivity contribution < 1.29 is 19.4 Å². The lowest BCUT2D eigenvalue weighted by molar-refractivity contribution is -0.118. The Morgan fingerprint density at radius 2 is 2.25 bits per heavy atom. The third-order valence-electron chi connectivity index (χ3n) is 3.90. The minimum Gasteiger partial charge on any atom is -0.506 e. The van der Waals surface area contributed by atoms with Gasteiger partial charge in [-0.15, -0.1) is 0 Å². The Hall–Kier alpha value is -2.70. The Kier molecular flexibility index (Phi) is 6.06. The number of alkyl carbamates (subject to hydrolysis) is 1. The molecular formula is C17H23N3O4. The highest BCUT2D eigenvalue weighted by Crippen LogP contribution is 2.28. The van der Waals surface area contributed by atoms with E-state index in [-0.39, 0.29) is 5.75 Å². The molecule has 0 fully saturated rings. The van der Waals surface area contributed by atoms with Crippen LogP contribution in [0, 0.1) is 0 Å². The van der Waals surface area contributed by atoms with Crippen molar-refractivity contribution in [3.05, 3.63) is 30.0 Å². The number of ether oxygens (including phenoxy) is 1. The lowest BCUT2D eigenvalue weighted by atomic mass is 10.1. The summed E-state index contributed by atoms with van der Waals surface area (Å²) in [4.78, 5) is 23.7. The van der Waals surface area contributed by atoms with Crippen LogP contribution in [0.5, 0.6) is 5.75 Å². The predicted molar refractivity (Wildman–Crippen MR) is 90.8 cm³/mol. The minimum atomic E-state index is -0.453. The van der Waals surface area contributed by atoms with Crippen molar-refractivity contribution in [1.29, 1.82) is 0 Å². The molecule has 1 heterocycles. The van der Waals surface area contributed by atoms with Crippen molar-refractivity contribution in [1.82, 2.24) is 14.8 Å². The average Bonchev–Trinajstić information content (AvgIpc) is 2.91. The summed E-state index contributed by atoms with van der Waals surface area (Å²) in [5.41, 5.74) is 1.91. The highest BCUT2D eigenvalue weighted by atomic mass is 16.5. The van der Waals surface area contributed by atoms with Gasteiger partial charge in [-0.3, -0.25) is 4.79 Å². The second-order valence-corrected chi connectivity index (χ2v) is 5.50. The first-order chi connectivity index (χ1) is 11.6. The lowest BCUT2D eigenvalue weighted by Gasteiger charge is -2.15. The van der Waals surface area contributed by atoms with Crippen molar-refractivity contribution in [2.45, 2.75) is 26.4 Å². The number of aromatic hydroxyl groups is 1. The zero-order chi connectivity index (χ0) is 17.5. The van der Waals surface area contributed by atoms with E-state index in [9.17, 15) is 14.7 Å². The number of nitrogens with zero attached hydrogens (tertiary/aromatic N) is 2. The van der Waals surface area contributed by atoms with Gasteiger partial charge in [-0.25, -0.2) is 4.79 Å². The molecule has 0 spiro atoms. The van der Waals surface area contributed by atoms with Crippen molar-refractivity contribution in [3.63, 3.8) is 0 Å². The Bertz CT molecular complexity index is 711. The van der Waals surface area contributed by atoms with Gasteiger partial charge in [-0.2, -0.15) is 0 Å². The molecule has 0 aliphatic heterocycles. The molecule has 0 unspecified atom stereocenters. The first-order valence-corrected chi connectivity index (χ1v) is 7.91. The summed E-state index contributed by atoms with van der Waals surface area (Å²) in [7, 11) is 1.33. The van der Waals surface area contributed by atoms with E-state index in [1.807, 2.05) is 29.7 Å². The molecule has 0 saturated carbocycles. The molecular weight excluding hydrogens is 310 g/mol. The number of hydrogen-bond acceptors (Lipinski definition) is 4. The molecule has 130 valence electrons. The quantitative estimate of drug-likeness (QED) is 0.572. The number of rotatable bonds is 8. The number of aryl methyl sites for hydroxylation is 1. The van der Waals surface area contributed by atoms with E-state index < -0.39 is 6.09 Å². The summed E-state index contributed by atoms with van der Waals surface area (Å²) >= 11 is 0. The number of carbonyl (C=O) groups excluding carboxylic acids is 2. The highest BCUT2D eigenvalue weighted by molar-refractivity contribution is 5.87. The van der Waals surface area contributed by atoms with Crippen LogP contribution in [0.25, 0.3) is 10.9 Å². The highest BCUT2D eigenvalue weighted by Gasteiger charge is 2.10. The van der Waals surface area contributed by atoms with Crippen LogP contribution >= 0.6 is 0 Å². The van der Waals surface area contributed by atoms with E-state index in [1.54, 1.807) is 11.1 Å². The Morgan fingerprint density at radius 3 is 2.92 bits per heavy atom. The lowest BCUT2D eigenvalue weighted by Crippen LogP contribution is -2.24. The van der Waals surface area contributed by atoms with Gasteiger partial charge in [0.05, 0.1) is 12.6 Å². The number of aromatic nitrogens is 1. The zero-order valence-corrected chi connectivity index (χ0v) is 14.0. The summed E-state index contributed by atoms with van der Waals surface area (Å²) in [6.45, 7) is 4.24. The van der Waals surface area contributed by atoms with Crippen molar-refractivity contribution in [2.75, 3.05) is 20.2 Å². The molecule has 0 aliphatic carbocycles. The number of nitrogens with one attached hydrogen (secondary N) is 1. The van der Waals surface area contributed by atoms with Crippen LogP contribution in [-0.4, -0.2) is 47.3 Å². The summed E-state index contributed by atoms with van der Waals surface area (Å²) in [6, 6.07) is 5.76. The van der Waals surface area contributed by atoms with E-state index in [4.69, 9.17) is 0 Å². The van der Waals surface area contributed by atoms with Crippen LogP contribution in [-0.2, 0) is 22.6 Å². The summed E-state index contributed by atoms with van der Waals surface area (Å²) in [5.74, 6) is 0.222. The summed E-state index contributed by atoms with van der Waals surface area (Å²) in [6.07, 6.45) is 2.77. The normalized spacial score (nSPS) is 10.6. The molecule has 0 saturated heterocycles. The first kappa shape index (κ1) is 17.7. The fourth-order valence-corrected chi connectivity index (χ4v) is 2.57. The van der Waals surface area contributed by atoms with E-state index >= 15 is 0 Å². The van der Waals surface area contributed by atoms with E-state index in [1.165, 1.54) is 7.11 Å². The van der Waals surface area contributed by atoms with Crippen LogP contribution in [0.1, 0.15) is 18.9 Å². The number of carbonyl (C=O) groups is 2. The average molecular weight is 333 g/mol. The molecule has 2 amide bonds. The van der Waals surface area contributed by atoms with Crippen LogP contribution < -0.4 is 5.32 Å². The maximum atomic E-state index is 11.0. The molecule has 7 nitrogen and oxygen atoms in total. The fourth-order valence-electron chi connectivity index (χ4n) is 2.57. The van der Waals surface area contributed by atoms with E-state index in [0.29, 0.717) is 32.6 Å². The molecule has 0 atom stereocenters. The Balaban J connectivity index is 2.11. The van der Waals surface area contributed by atoms with Crippen molar-refractivity contribution in [2.24, 2.45) is 0 Å². The monoisotopic (exact) mass is 333 g/mol. The van der Waals surface area contributed by atoms with Crippen LogP contribution in [0.2, 0.25) is 0 Å². The van der Waals surface area contributed by atoms with Crippen molar-refractivity contribution in [3.8, 4) is 5.75 Å². The van der Waals surface area contributed by atoms with Gasteiger partial charge < -0.3 is 24.6 Å². The third kappa shape index (κ3) is 4.18. The molecule has 0 radical (unpaired) electrons. The minimum absolute atomic E-state index is 0.222. The smallest absolute Gasteiger partial charge is 0.406 e. The van der Waals surface area contributed by atoms with E-state index in [0.717, 1.165) is 22.9 Å². The van der Waals surface area contributed by atoms with Gasteiger partial charge in [0.15, 0.2) is 0 Å². The molecule has 7 heteroatoms. The molecule has 0 aliphatic rings. The second-order valence-electron chi connectivity index (χ2n) is 5.50. The molecule has 2 aromatic rings. The Morgan fingerprint density at radius 1 is 1.46 bits per heavy atom. The molecule has 2 N–H and O–H groups in total. The summed E-state index contributed by atoms with van der Waals surface area (Å²) in [5, 5.41) is 13.5. The van der Waals surface area contributed by atoms with Crippen molar-refractivity contribution >= 4 is 23.4 Å². The van der Waals surface area contributed by atoms with Crippen LogP contribution in [0.3, 0.4) is 0 Å². The maximum absolute atomic E-state index is 11.0. The predicted octanol–water partition coefficient (Wildman–Crippen LogP) is 2.07. The number of amides is 2. The third-order valence-corrected chi connectivity index (χ3v) is 3.90. The molecule has 1 aromatic carbocycles. The molecule has 2 rings (SSSR count). The van der Waals surface area contributed by atoms with Gasteiger partial charge in [0.25, 0.3) is 0 Å². The summed E-state index contributed by atoms with van der Waals surface area (Å²) < 4.78 is 6.47. The molecule has 24 heavy (non-hydrogen) atoms. The van der Waals surface area contributed by atoms with Gasteiger partial charge in [-0.05, 0) is 31.0 Å². The van der Waals surface area contributed by atoms with Crippen LogP contribution in [0.15, 0.2) is 24.4 Å². The number of benzene rings is 1. The van der Waals surface area contributed by atoms with E-state index in [2.05, 4.69) is 10.1 Å². The van der Waals surface area contributed by atoms with Gasteiger partial charge in [-0.1, -0.05) is 6.07 Å². The molecule has 1 aromatic heterocycles. The number of methoxy groups -OCH3 is 1. The zero-order valence-electron chi connectivity index (χ0n) is 14.0. The first-order valence-electron chi connectivity index (χ1n) is 7.91. The number of hydrogen-bond donors (Lipinski definition) is 2. The Labute approximate surface area is 140 Å². The molecule has 0 bridgehead atoms. The van der Waals surface area contributed by atoms with Gasteiger partial charge in [0.2, 0.25) is 6.41 Å². The largest absolute Gasteiger partial charge is 0.506 e. The van der Waals surface area contributed by atoms with Crippen LogP contribution in [0.4, 0.5) is 4.79 Å². The topological polar surface area (TPSA) is 83.8 Å². The maximum Gasteiger partial charge on any atom is 0.406 e.